The van der Waals surface area contributed by atoms with E-state index in [2.05, 4.69) is 26.6 Å². The van der Waals surface area contributed by atoms with Gasteiger partial charge in [-0.3, -0.25) is 24.4 Å². The zero-order chi connectivity index (χ0) is 24.4. The molecule has 35 heavy (non-hydrogen) atoms. The van der Waals surface area contributed by atoms with Gasteiger partial charge < -0.3 is 15.1 Å². The predicted molar refractivity (Wildman–Crippen MR) is 130 cm³/mol. The van der Waals surface area contributed by atoms with Crippen LogP contribution >= 0.6 is 0 Å². The highest BCUT2D eigenvalue weighted by Gasteiger charge is 2.40. The van der Waals surface area contributed by atoms with Gasteiger partial charge in [0.1, 0.15) is 6.04 Å². The van der Waals surface area contributed by atoms with E-state index in [4.69, 9.17) is 6.42 Å². The first kappa shape index (κ1) is 23.1. The number of anilines is 1. The van der Waals surface area contributed by atoms with Gasteiger partial charge in [0.2, 0.25) is 11.8 Å². The molecule has 2 fully saturated rings. The van der Waals surface area contributed by atoms with Crippen LogP contribution in [0.15, 0.2) is 30.6 Å². The molecule has 3 amide bonds. The Morgan fingerprint density at radius 1 is 1.14 bits per heavy atom. The van der Waals surface area contributed by atoms with E-state index in [0.29, 0.717) is 24.6 Å². The molecule has 0 bridgehead atoms. The van der Waals surface area contributed by atoms with Crippen LogP contribution in [0.25, 0.3) is 0 Å². The maximum Gasteiger partial charge on any atom is 0.255 e. The van der Waals surface area contributed by atoms with Crippen LogP contribution in [0.1, 0.15) is 53.6 Å². The van der Waals surface area contributed by atoms with E-state index in [0.717, 1.165) is 62.3 Å². The zero-order valence-corrected chi connectivity index (χ0v) is 19.7. The molecule has 3 aliphatic rings. The summed E-state index contributed by atoms with van der Waals surface area (Å²) >= 11 is 0. The zero-order valence-electron chi connectivity index (χ0n) is 19.7. The minimum absolute atomic E-state index is 0.139. The molecule has 182 valence electrons. The average Bonchev–Trinajstić information content (AvgIpc) is 3.45. The van der Waals surface area contributed by atoms with E-state index < -0.39 is 6.04 Å². The summed E-state index contributed by atoms with van der Waals surface area (Å²) in [6.45, 7) is 4.30. The maximum atomic E-state index is 13.0. The van der Waals surface area contributed by atoms with E-state index >= 15 is 0 Å². The number of likely N-dealkylation sites (tertiary alicyclic amines) is 1. The molecule has 5 rings (SSSR count). The van der Waals surface area contributed by atoms with Crippen molar-refractivity contribution in [2.24, 2.45) is 0 Å². The summed E-state index contributed by atoms with van der Waals surface area (Å²) in [6, 6.07) is 5.47. The number of aromatic nitrogens is 2. The van der Waals surface area contributed by atoms with Crippen molar-refractivity contribution in [3.8, 4) is 12.3 Å². The molecule has 9 heteroatoms. The maximum absolute atomic E-state index is 13.0. The van der Waals surface area contributed by atoms with E-state index in [-0.39, 0.29) is 24.1 Å². The Kier molecular flexibility index (Phi) is 6.55. The van der Waals surface area contributed by atoms with Gasteiger partial charge in [0.05, 0.1) is 11.8 Å². The molecule has 1 atom stereocenters. The van der Waals surface area contributed by atoms with Gasteiger partial charge in [-0.1, -0.05) is 12.0 Å². The van der Waals surface area contributed by atoms with Crippen molar-refractivity contribution >= 4 is 23.4 Å². The number of carbonyl (C=O) groups excluding carboxylic acids is 3. The first-order valence-corrected chi connectivity index (χ1v) is 12.3. The first-order valence-electron chi connectivity index (χ1n) is 12.3. The van der Waals surface area contributed by atoms with Gasteiger partial charge in [-0.2, -0.15) is 5.10 Å². The number of fused-ring (bicyclic) bond motifs is 1. The monoisotopic (exact) mass is 474 g/mol. The van der Waals surface area contributed by atoms with Crippen molar-refractivity contribution in [2.75, 3.05) is 25.0 Å². The first-order chi connectivity index (χ1) is 17.0. The minimum atomic E-state index is -0.594. The lowest BCUT2D eigenvalue weighted by atomic mass is 10.0. The second kappa shape index (κ2) is 9.92. The van der Waals surface area contributed by atoms with E-state index in [1.54, 1.807) is 11.1 Å². The van der Waals surface area contributed by atoms with Crippen LogP contribution < -0.4 is 10.6 Å². The number of nitrogens with zero attached hydrogens (tertiary/aromatic N) is 4. The molecule has 0 radical (unpaired) electrons. The van der Waals surface area contributed by atoms with Gasteiger partial charge in [0.15, 0.2) is 0 Å². The number of imide groups is 1. The Balaban J connectivity index is 1.14. The highest BCUT2D eigenvalue weighted by Crippen LogP contribution is 2.33. The average molecular weight is 475 g/mol. The Bertz CT molecular complexity index is 1170. The molecule has 2 saturated heterocycles. The third-order valence-corrected chi connectivity index (χ3v) is 7.19. The fraction of sp³-hybridized carbons (Fsp3) is 0.462. The number of terminal acetylenes is 1. The standard InChI is InChI=1S/C26H30N6O3/c1-2-18-15-27-31(16-18)12-4-11-30-13-9-19(10-14-30)28-22-6-3-5-20-21(22)17-32(26(20)35)23-7-8-24(33)29-25(23)34/h1,3,5-6,15-16,19,23,28H,4,7-14,17H2,(H,29,33,34). The highest BCUT2D eigenvalue weighted by atomic mass is 16.2. The summed E-state index contributed by atoms with van der Waals surface area (Å²) in [6.07, 6.45) is 12.7. The molecule has 2 aromatic rings. The summed E-state index contributed by atoms with van der Waals surface area (Å²) in [5, 5.41) is 10.3. The van der Waals surface area contributed by atoms with Gasteiger partial charge in [0.25, 0.3) is 5.91 Å². The van der Waals surface area contributed by atoms with E-state index in [1.165, 1.54) is 0 Å². The Morgan fingerprint density at radius 2 is 1.97 bits per heavy atom. The SMILES string of the molecule is C#Cc1cnn(CCCN2CCC(Nc3cccc4c3CN(C3CCC(=O)NC3=O)C4=O)CC2)c1. The number of carbonyl (C=O) groups is 3. The molecule has 4 heterocycles. The Hall–Kier alpha value is -3.64. The number of piperidine rings is 2. The molecule has 0 spiro atoms. The minimum Gasteiger partial charge on any atom is -0.382 e. The molecule has 1 unspecified atom stereocenters. The molecule has 0 aliphatic carbocycles. The molecule has 0 saturated carbocycles. The normalized spacial score (nSPS) is 21.1. The fourth-order valence-electron chi connectivity index (χ4n) is 5.26. The number of rotatable bonds is 7. The van der Waals surface area contributed by atoms with Crippen LogP contribution in [-0.4, -0.2) is 69.0 Å². The number of aryl methyl sites for hydroxylation is 1. The summed E-state index contributed by atoms with van der Waals surface area (Å²) in [4.78, 5) is 41.0. The van der Waals surface area contributed by atoms with Crippen molar-refractivity contribution < 1.29 is 14.4 Å². The van der Waals surface area contributed by atoms with Crippen molar-refractivity contribution in [3.05, 3.63) is 47.3 Å². The summed E-state index contributed by atoms with van der Waals surface area (Å²) < 4.78 is 1.90. The third kappa shape index (κ3) is 4.93. The molecule has 1 aromatic heterocycles. The quantitative estimate of drug-likeness (QED) is 0.467. The number of hydrogen-bond acceptors (Lipinski definition) is 6. The second-order valence-electron chi connectivity index (χ2n) is 9.48. The second-order valence-corrected chi connectivity index (χ2v) is 9.48. The Morgan fingerprint density at radius 3 is 2.71 bits per heavy atom. The van der Waals surface area contributed by atoms with Crippen molar-refractivity contribution in [3.63, 3.8) is 0 Å². The molecule has 2 N–H and O–H groups in total. The van der Waals surface area contributed by atoms with Crippen LogP contribution in [0.3, 0.4) is 0 Å². The van der Waals surface area contributed by atoms with Crippen LogP contribution in [-0.2, 0) is 22.7 Å². The molecular weight excluding hydrogens is 444 g/mol. The van der Waals surface area contributed by atoms with Gasteiger partial charge in [-0.25, -0.2) is 0 Å². The topological polar surface area (TPSA) is 99.6 Å². The van der Waals surface area contributed by atoms with Gasteiger partial charge in [0, 0.05) is 61.7 Å². The summed E-state index contributed by atoms with van der Waals surface area (Å²) in [5.74, 6) is 1.81. The summed E-state index contributed by atoms with van der Waals surface area (Å²) in [5.41, 5.74) is 3.36. The van der Waals surface area contributed by atoms with Crippen LogP contribution in [0.2, 0.25) is 0 Å². The van der Waals surface area contributed by atoms with E-state index in [1.807, 2.05) is 29.1 Å². The third-order valence-electron chi connectivity index (χ3n) is 7.19. The number of hydrogen-bond donors (Lipinski definition) is 2. The summed E-state index contributed by atoms with van der Waals surface area (Å²) in [7, 11) is 0. The Labute approximate surface area is 204 Å². The molecule has 3 aliphatic heterocycles. The van der Waals surface area contributed by atoms with Crippen LogP contribution in [0, 0.1) is 12.3 Å². The van der Waals surface area contributed by atoms with Crippen LogP contribution in [0.5, 0.6) is 0 Å². The van der Waals surface area contributed by atoms with Crippen molar-refractivity contribution in [1.82, 2.24) is 24.9 Å². The fourth-order valence-corrected chi connectivity index (χ4v) is 5.26. The highest BCUT2D eigenvalue weighted by molar-refractivity contribution is 6.06. The lowest BCUT2D eigenvalue weighted by Crippen LogP contribution is -2.52. The number of amides is 3. The van der Waals surface area contributed by atoms with Crippen LogP contribution in [0.4, 0.5) is 5.69 Å². The lowest BCUT2D eigenvalue weighted by Gasteiger charge is -2.33. The molecule has 9 nitrogen and oxygen atoms in total. The lowest BCUT2D eigenvalue weighted by molar-refractivity contribution is -0.136. The van der Waals surface area contributed by atoms with E-state index in [9.17, 15) is 14.4 Å². The van der Waals surface area contributed by atoms with Gasteiger partial charge in [-0.05, 0) is 44.4 Å². The van der Waals surface area contributed by atoms with Crippen molar-refractivity contribution in [2.45, 2.75) is 57.3 Å². The largest absolute Gasteiger partial charge is 0.382 e. The number of benzene rings is 1. The van der Waals surface area contributed by atoms with Gasteiger partial charge in [-0.15, -0.1) is 6.42 Å². The molecular formula is C26H30N6O3. The van der Waals surface area contributed by atoms with Crippen molar-refractivity contribution in [1.29, 1.82) is 0 Å². The van der Waals surface area contributed by atoms with Gasteiger partial charge >= 0.3 is 0 Å². The molecule has 1 aromatic carbocycles. The number of nitrogens with one attached hydrogen (secondary N) is 2. The predicted octanol–water partition coefficient (Wildman–Crippen LogP) is 1.59. The smallest absolute Gasteiger partial charge is 0.255 e.